The lowest BCUT2D eigenvalue weighted by Gasteiger charge is -2.20. The first-order chi connectivity index (χ1) is 6.29. The first kappa shape index (κ1) is 12.3. The Hall–Kier alpha value is -0.670. The van der Waals surface area contributed by atoms with Gasteiger partial charge in [0.15, 0.2) is 5.78 Å². The normalized spacial score (nSPS) is 22.2. The molecule has 1 heterocycles. The Labute approximate surface area is 80.2 Å². The molecule has 13 heavy (non-hydrogen) atoms. The van der Waals surface area contributed by atoms with E-state index < -0.39 is 0 Å². The Bertz CT molecular complexity index is 160. The number of nitrogens with one attached hydrogen (secondary N) is 1. The van der Waals surface area contributed by atoms with Crippen molar-refractivity contribution in [2.45, 2.75) is 26.8 Å². The molecule has 0 aromatic carbocycles. The third kappa shape index (κ3) is 6.49. The number of hydrogen-bond acceptors (Lipinski definition) is 3. The van der Waals surface area contributed by atoms with Gasteiger partial charge in [-0.2, -0.15) is 0 Å². The van der Waals surface area contributed by atoms with Crippen LogP contribution in [0.2, 0.25) is 0 Å². The fourth-order valence-electron chi connectivity index (χ4n) is 0.961. The number of ether oxygens (including phenoxy) is 1. The lowest BCUT2D eigenvalue weighted by Crippen LogP contribution is -2.39. The van der Waals surface area contributed by atoms with Crippen LogP contribution in [0.15, 0.2) is 12.2 Å². The average Bonchev–Trinajstić information content (AvgIpc) is 2.19. The Morgan fingerprint density at radius 2 is 2.23 bits per heavy atom. The molecule has 1 rings (SSSR count). The molecule has 76 valence electrons. The number of hydrogen-bond donors (Lipinski definition) is 1. The van der Waals surface area contributed by atoms with Gasteiger partial charge in [-0.15, -0.1) is 0 Å². The molecule has 0 amide bonds. The van der Waals surface area contributed by atoms with Gasteiger partial charge in [-0.05, 0) is 13.0 Å². The van der Waals surface area contributed by atoms with Crippen LogP contribution in [0.1, 0.15) is 20.8 Å². The molecule has 0 spiro atoms. The maximum absolute atomic E-state index is 10.5. The van der Waals surface area contributed by atoms with Crippen LogP contribution < -0.4 is 5.32 Å². The fourth-order valence-corrected chi connectivity index (χ4v) is 0.961. The Kier molecular flexibility index (Phi) is 7.54. The highest BCUT2D eigenvalue weighted by Crippen LogP contribution is 1.94. The highest BCUT2D eigenvalue weighted by Gasteiger charge is 2.08. The zero-order chi connectivity index (χ0) is 10.1. The van der Waals surface area contributed by atoms with Gasteiger partial charge in [-0.3, -0.25) is 4.79 Å². The number of ketones is 1. The second-order valence-corrected chi connectivity index (χ2v) is 2.61. The Balaban J connectivity index is 0.000000671. The van der Waals surface area contributed by atoms with Gasteiger partial charge in [0.2, 0.25) is 0 Å². The van der Waals surface area contributed by atoms with Crippen molar-refractivity contribution in [3.8, 4) is 0 Å². The topological polar surface area (TPSA) is 38.3 Å². The Morgan fingerprint density at radius 1 is 1.54 bits per heavy atom. The summed E-state index contributed by atoms with van der Waals surface area (Å²) < 4.78 is 5.19. The molecule has 0 saturated carbocycles. The first-order valence-corrected chi connectivity index (χ1v) is 4.79. The van der Waals surface area contributed by atoms with Gasteiger partial charge in [0.05, 0.1) is 13.2 Å². The van der Waals surface area contributed by atoms with Gasteiger partial charge in [0, 0.05) is 12.6 Å². The van der Waals surface area contributed by atoms with Crippen LogP contribution in [0.25, 0.3) is 0 Å². The summed E-state index contributed by atoms with van der Waals surface area (Å²) in [6, 6.07) is 0.215. The minimum Gasteiger partial charge on any atom is -0.378 e. The van der Waals surface area contributed by atoms with Crippen molar-refractivity contribution in [3.05, 3.63) is 12.2 Å². The molecule has 3 nitrogen and oxygen atoms in total. The van der Waals surface area contributed by atoms with E-state index in [0.29, 0.717) is 6.61 Å². The summed E-state index contributed by atoms with van der Waals surface area (Å²) in [4.78, 5) is 10.5. The standard InChI is InChI=1S/C8H13NO2.C2H6/c1-7(10)2-3-8-6-11-5-4-9-8;1-2/h2-3,8-9H,4-6H2,1H3;1-2H3/b3-2+;. The SMILES string of the molecule is CC.CC(=O)/C=C/C1COCCN1. The van der Waals surface area contributed by atoms with Gasteiger partial charge < -0.3 is 10.1 Å². The highest BCUT2D eigenvalue weighted by atomic mass is 16.5. The van der Waals surface area contributed by atoms with Crippen molar-refractivity contribution in [3.63, 3.8) is 0 Å². The van der Waals surface area contributed by atoms with Gasteiger partial charge >= 0.3 is 0 Å². The molecule has 0 aliphatic carbocycles. The first-order valence-electron chi connectivity index (χ1n) is 4.79. The third-order valence-corrected chi connectivity index (χ3v) is 1.51. The van der Waals surface area contributed by atoms with Crippen LogP contribution in [0.4, 0.5) is 0 Å². The molecule has 1 aliphatic rings. The van der Waals surface area contributed by atoms with Crippen LogP contribution in [0.3, 0.4) is 0 Å². The molecule has 0 radical (unpaired) electrons. The molecule has 1 atom stereocenters. The zero-order valence-electron chi connectivity index (χ0n) is 8.67. The van der Waals surface area contributed by atoms with E-state index in [-0.39, 0.29) is 11.8 Å². The predicted octanol–water partition coefficient (Wildman–Crippen LogP) is 1.15. The van der Waals surface area contributed by atoms with E-state index in [4.69, 9.17) is 4.74 Å². The lowest BCUT2D eigenvalue weighted by atomic mass is 10.2. The molecule has 0 aromatic rings. The molecule has 1 fully saturated rings. The van der Waals surface area contributed by atoms with E-state index in [9.17, 15) is 4.79 Å². The zero-order valence-corrected chi connectivity index (χ0v) is 8.67. The predicted molar refractivity (Wildman–Crippen MR) is 53.8 cm³/mol. The number of carbonyl (C=O) groups is 1. The molecule has 0 bridgehead atoms. The van der Waals surface area contributed by atoms with E-state index in [1.807, 2.05) is 19.9 Å². The van der Waals surface area contributed by atoms with Crippen molar-refractivity contribution in [1.29, 1.82) is 0 Å². The van der Waals surface area contributed by atoms with E-state index in [2.05, 4.69) is 5.32 Å². The van der Waals surface area contributed by atoms with E-state index >= 15 is 0 Å². The summed E-state index contributed by atoms with van der Waals surface area (Å²) in [5.41, 5.74) is 0. The molecular formula is C10H19NO2. The molecule has 1 unspecified atom stereocenters. The second kappa shape index (κ2) is 7.95. The maximum atomic E-state index is 10.5. The summed E-state index contributed by atoms with van der Waals surface area (Å²) in [5.74, 6) is 0.0809. The molecule has 1 saturated heterocycles. The molecular weight excluding hydrogens is 166 g/mol. The number of carbonyl (C=O) groups excluding carboxylic acids is 1. The summed E-state index contributed by atoms with van der Waals surface area (Å²) in [6.45, 7) is 7.85. The van der Waals surface area contributed by atoms with Crippen molar-refractivity contribution in [1.82, 2.24) is 5.32 Å². The maximum Gasteiger partial charge on any atom is 0.152 e. The van der Waals surface area contributed by atoms with Crippen molar-refractivity contribution in [2.75, 3.05) is 19.8 Å². The van der Waals surface area contributed by atoms with Crippen LogP contribution in [0.5, 0.6) is 0 Å². The third-order valence-electron chi connectivity index (χ3n) is 1.51. The average molecular weight is 185 g/mol. The van der Waals surface area contributed by atoms with E-state index in [1.165, 1.54) is 0 Å². The quantitative estimate of drug-likeness (QED) is 0.656. The summed E-state index contributed by atoms with van der Waals surface area (Å²) in [7, 11) is 0. The molecule has 3 heteroatoms. The van der Waals surface area contributed by atoms with Crippen molar-refractivity contribution < 1.29 is 9.53 Å². The Morgan fingerprint density at radius 3 is 2.69 bits per heavy atom. The largest absolute Gasteiger partial charge is 0.378 e. The fraction of sp³-hybridized carbons (Fsp3) is 0.700. The highest BCUT2D eigenvalue weighted by molar-refractivity contribution is 5.87. The van der Waals surface area contributed by atoms with Gasteiger partial charge in [0.25, 0.3) is 0 Å². The number of rotatable bonds is 2. The van der Waals surface area contributed by atoms with Crippen LogP contribution >= 0.6 is 0 Å². The van der Waals surface area contributed by atoms with E-state index in [0.717, 1.165) is 13.2 Å². The lowest BCUT2D eigenvalue weighted by molar-refractivity contribution is -0.112. The monoisotopic (exact) mass is 185 g/mol. The molecule has 0 aromatic heterocycles. The number of allylic oxidation sites excluding steroid dienone is 1. The summed E-state index contributed by atoms with van der Waals surface area (Å²) in [5, 5.41) is 3.21. The van der Waals surface area contributed by atoms with E-state index in [1.54, 1.807) is 13.0 Å². The van der Waals surface area contributed by atoms with Gasteiger partial charge in [0.1, 0.15) is 0 Å². The van der Waals surface area contributed by atoms with Crippen LogP contribution in [-0.2, 0) is 9.53 Å². The molecule has 1 N–H and O–H groups in total. The number of morpholine rings is 1. The van der Waals surface area contributed by atoms with Crippen LogP contribution in [0, 0.1) is 0 Å². The van der Waals surface area contributed by atoms with Gasteiger partial charge in [-0.1, -0.05) is 19.9 Å². The van der Waals surface area contributed by atoms with Crippen molar-refractivity contribution >= 4 is 5.78 Å². The van der Waals surface area contributed by atoms with Crippen LogP contribution in [-0.4, -0.2) is 31.6 Å². The minimum atomic E-state index is 0.0809. The minimum absolute atomic E-state index is 0.0809. The van der Waals surface area contributed by atoms with Gasteiger partial charge in [-0.25, -0.2) is 0 Å². The second-order valence-electron chi connectivity index (χ2n) is 2.61. The van der Waals surface area contributed by atoms with Crippen molar-refractivity contribution in [2.24, 2.45) is 0 Å². The molecule has 1 aliphatic heterocycles. The summed E-state index contributed by atoms with van der Waals surface area (Å²) in [6.07, 6.45) is 3.42. The smallest absolute Gasteiger partial charge is 0.152 e. The summed E-state index contributed by atoms with van der Waals surface area (Å²) >= 11 is 0.